The molecular weight excluding hydrogens is 286 g/mol. The van der Waals surface area contributed by atoms with E-state index < -0.39 is 0 Å². The molecule has 0 bridgehead atoms. The molecule has 1 amide bonds. The lowest BCUT2D eigenvalue weighted by molar-refractivity contribution is -0.125. The molecule has 5 nitrogen and oxygen atoms in total. The fourth-order valence-electron chi connectivity index (χ4n) is 1.67. The van der Waals surface area contributed by atoms with Crippen LogP contribution in [0.4, 0.5) is 0 Å². The second-order valence-corrected chi connectivity index (χ2v) is 5.13. The van der Waals surface area contributed by atoms with Crippen LogP contribution in [0.5, 0.6) is 0 Å². The largest absolute Gasteiger partial charge is 0.384 e. The van der Waals surface area contributed by atoms with E-state index in [1.54, 1.807) is 0 Å². The maximum atomic E-state index is 11.6. The van der Waals surface area contributed by atoms with E-state index in [-0.39, 0.29) is 18.3 Å². The number of nitrogens with one attached hydrogen (secondary N) is 1. The molecule has 2 rings (SSSR count). The minimum Gasteiger partial charge on any atom is -0.384 e. The van der Waals surface area contributed by atoms with E-state index in [0.717, 1.165) is 12.0 Å². The number of hydrogen-bond donors (Lipinski definition) is 2. The van der Waals surface area contributed by atoms with Crippen LogP contribution in [0.25, 0.3) is 0 Å². The van der Waals surface area contributed by atoms with Gasteiger partial charge in [-0.3, -0.25) is 4.79 Å². The highest BCUT2D eigenvalue weighted by atomic mass is 32.1. The average molecular weight is 303 g/mol. The smallest absolute Gasteiger partial charge is 0.260 e. The summed E-state index contributed by atoms with van der Waals surface area (Å²) in [5.41, 5.74) is 7.68. The van der Waals surface area contributed by atoms with Crippen molar-refractivity contribution in [3.8, 4) is 0 Å². The summed E-state index contributed by atoms with van der Waals surface area (Å²) in [7, 11) is 0. The molecule has 1 aromatic carbocycles. The third-order valence-corrected chi connectivity index (χ3v) is 3.44. The molecule has 0 fully saturated rings. The summed E-state index contributed by atoms with van der Waals surface area (Å²) in [5.74, 6) is 0.0566. The lowest BCUT2D eigenvalue weighted by Crippen LogP contribution is -2.29. The molecule has 6 heteroatoms. The highest BCUT2D eigenvalue weighted by Crippen LogP contribution is 2.05. The van der Waals surface area contributed by atoms with E-state index in [9.17, 15) is 4.79 Å². The highest BCUT2D eigenvalue weighted by Gasteiger charge is 2.03. The average Bonchev–Trinajstić information content (AvgIpc) is 3.02. The van der Waals surface area contributed by atoms with E-state index in [1.807, 2.05) is 47.2 Å². The van der Waals surface area contributed by atoms with Crippen molar-refractivity contribution in [1.29, 1.82) is 0 Å². The van der Waals surface area contributed by atoms with Gasteiger partial charge in [0.25, 0.3) is 5.91 Å². The molecule has 21 heavy (non-hydrogen) atoms. The van der Waals surface area contributed by atoms with Crippen LogP contribution >= 0.6 is 11.3 Å². The molecule has 0 spiro atoms. The van der Waals surface area contributed by atoms with Crippen molar-refractivity contribution in [3.05, 3.63) is 58.3 Å². The quantitative estimate of drug-likeness (QED) is 0.465. The number of amides is 1. The van der Waals surface area contributed by atoms with E-state index in [0.29, 0.717) is 6.54 Å². The molecule has 0 radical (unpaired) electrons. The zero-order chi connectivity index (χ0) is 14.9. The van der Waals surface area contributed by atoms with E-state index in [1.165, 1.54) is 16.9 Å². The van der Waals surface area contributed by atoms with Crippen LogP contribution in [0.1, 0.15) is 11.1 Å². The van der Waals surface area contributed by atoms with Crippen molar-refractivity contribution >= 4 is 23.1 Å². The Morgan fingerprint density at radius 1 is 1.29 bits per heavy atom. The number of carbonyl (C=O) groups is 1. The van der Waals surface area contributed by atoms with Crippen LogP contribution in [0.2, 0.25) is 0 Å². The summed E-state index contributed by atoms with van der Waals surface area (Å²) in [6.45, 7) is 0.426. The van der Waals surface area contributed by atoms with Crippen LogP contribution in [-0.4, -0.2) is 24.9 Å². The molecule has 0 unspecified atom stereocenters. The van der Waals surface area contributed by atoms with E-state index in [2.05, 4.69) is 10.5 Å². The Hall–Kier alpha value is -2.34. The van der Waals surface area contributed by atoms with Gasteiger partial charge in [0.1, 0.15) is 0 Å². The van der Waals surface area contributed by atoms with Gasteiger partial charge in [-0.15, -0.1) is 0 Å². The number of benzene rings is 1. The van der Waals surface area contributed by atoms with Gasteiger partial charge in [0.2, 0.25) is 0 Å². The van der Waals surface area contributed by atoms with E-state index >= 15 is 0 Å². The zero-order valence-corrected chi connectivity index (χ0v) is 12.3. The lowest BCUT2D eigenvalue weighted by Gasteiger charge is -2.05. The predicted octanol–water partition coefficient (Wildman–Crippen LogP) is 1.74. The monoisotopic (exact) mass is 303 g/mol. The molecule has 0 aliphatic rings. The summed E-state index contributed by atoms with van der Waals surface area (Å²) in [5, 5.41) is 10.2. The minimum absolute atomic E-state index is 0.139. The molecule has 0 atom stereocenters. The highest BCUT2D eigenvalue weighted by molar-refractivity contribution is 7.08. The van der Waals surface area contributed by atoms with Crippen molar-refractivity contribution in [2.45, 2.75) is 6.42 Å². The standard InChI is InChI=1S/C15H17N3O2S/c16-15(13-7-9-21-11-13)18-20-10-14(19)17-8-6-12-4-2-1-3-5-12/h1-5,7,9,11H,6,8,10H2,(H2,16,18)(H,17,19). The first-order valence-corrected chi connectivity index (χ1v) is 7.48. The number of rotatable bonds is 7. The van der Waals surface area contributed by atoms with Gasteiger partial charge in [-0.1, -0.05) is 35.5 Å². The third-order valence-electron chi connectivity index (χ3n) is 2.75. The normalized spacial score (nSPS) is 11.1. The van der Waals surface area contributed by atoms with Crippen LogP contribution in [0.3, 0.4) is 0 Å². The first-order chi connectivity index (χ1) is 10.3. The van der Waals surface area contributed by atoms with Gasteiger partial charge in [-0.25, -0.2) is 0 Å². The fourth-order valence-corrected chi connectivity index (χ4v) is 2.31. The molecule has 1 heterocycles. The van der Waals surface area contributed by atoms with Gasteiger partial charge in [-0.05, 0) is 23.4 Å². The molecule has 0 aliphatic heterocycles. The van der Waals surface area contributed by atoms with Crippen molar-refractivity contribution in [1.82, 2.24) is 5.32 Å². The first kappa shape index (κ1) is 15.1. The Bertz CT molecular complexity index is 582. The predicted molar refractivity (Wildman–Crippen MR) is 84.2 cm³/mol. The first-order valence-electron chi connectivity index (χ1n) is 6.54. The molecule has 0 aliphatic carbocycles. The molecule has 3 N–H and O–H groups in total. The van der Waals surface area contributed by atoms with Gasteiger partial charge in [0.15, 0.2) is 12.4 Å². The molecule has 2 aromatic rings. The number of nitrogens with zero attached hydrogens (tertiary/aromatic N) is 1. The van der Waals surface area contributed by atoms with Crippen LogP contribution in [0, 0.1) is 0 Å². The number of nitrogens with two attached hydrogens (primary N) is 1. The van der Waals surface area contributed by atoms with Gasteiger partial charge in [-0.2, -0.15) is 11.3 Å². The number of oxime groups is 1. The van der Waals surface area contributed by atoms with Gasteiger partial charge >= 0.3 is 0 Å². The Labute approximate surface area is 127 Å². The van der Waals surface area contributed by atoms with Crippen LogP contribution < -0.4 is 11.1 Å². The second kappa shape index (κ2) is 8.06. The Morgan fingerprint density at radius 2 is 2.10 bits per heavy atom. The summed E-state index contributed by atoms with van der Waals surface area (Å²) < 4.78 is 0. The molecule has 0 saturated heterocycles. The fraction of sp³-hybridized carbons (Fsp3) is 0.200. The summed E-state index contributed by atoms with van der Waals surface area (Å²) in [6, 6.07) is 11.8. The topological polar surface area (TPSA) is 76.7 Å². The molecule has 0 saturated carbocycles. The Kier molecular flexibility index (Phi) is 5.78. The SMILES string of the molecule is N/C(=N\OCC(=O)NCCc1ccccc1)c1ccsc1. The van der Waals surface area contributed by atoms with Crippen molar-refractivity contribution < 1.29 is 9.63 Å². The number of thiophene rings is 1. The maximum Gasteiger partial charge on any atom is 0.260 e. The summed E-state index contributed by atoms with van der Waals surface area (Å²) in [6.07, 6.45) is 0.785. The van der Waals surface area contributed by atoms with Crippen LogP contribution in [0.15, 0.2) is 52.3 Å². The molecule has 1 aromatic heterocycles. The Balaban J connectivity index is 1.65. The van der Waals surface area contributed by atoms with Gasteiger partial charge in [0, 0.05) is 17.5 Å². The van der Waals surface area contributed by atoms with Crippen molar-refractivity contribution in [3.63, 3.8) is 0 Å². The number of carbonyl (C=O) groups excluding carboxylic acids is 1. The summed E-state index contributed by atoms with van der Waals surface area (Å²) >= 11 is 1.52. The third kappa shape index (κ3) is 5.27. The van der Waals surface area contributed by atoms with Crippen LogP contribution in [-0.2, 0) is 16.1 Å². The van der Waals surface area contributed by atoms with Crippen molar-refractivity contribution in [2.24, 2.45) is 10.9 Å². The second-order valence-electron chi connectivity index (χ2n) is 4.35. The minimum atomic E-state index is -0.215. The van der Waals surface area contributed by atoms with Gasteiger partial charge < -0.3 is 15.9 Å². The summed E-state index contributed by atoms with van der Waals surface area (Å²) in [4.78, 5) is 16.5. The van der Waals surface area contributed by atoms with E-state index in [4.69, 9.17) is 10.6 Å². The Morgan fingerprint density at radius 3 is 2.81 bits per heavy atom. The molecular formula is C15H17N3O2S. The molecule has 110 valence electrons. The maximum absolute atomic E-state index is 11.6. The van der Waals surface area contributed by atoms with Gasteiger partial charge in [0.05, 0.1) is 0 Å². The number of amidine groups is 1. The number of hydrogen-bond acceptors (Lipinski definition) is 4. The zero-order valence-electron chi connectivity index (χ0n) is 11.5. The lowest BCUT2D eigenvalue weighted by atomic mass is 10.1. The van der Waals surface area contributed by atoms with Crippen molar-refractivity contribution in [2.75, 3.05) is 13.2 Å².